The molecule has 2 fully saturated rings. The lowest BCUT2D eigenvalue weighted by Crippen LogP contribution is -2.58. The molecule has 3 rings (SSSR count). The summed E-state index contributed by atoms with van der Waals surface area (Å²) in [4.78, 5) is 7.37. The fourth-order valence-electron chi connectivity index (χ4n) is 3.32. The molecule has 1 aliphatic carbocycles. The van der Waals surface area contributed by atoms with Gasteiger partial charge in [0.05, 0.1) is 5.69 Å². The molecule has 0 amide bonds. The van der Waals surface area contributed by atoms with E-state index in [1.165, 1.54) is 18.5 Å². The van der Waals surface area contributed by atoms with Crippen LogP contribution in [0.1, 0.15) is 38.1 Å². The van der Waals surface area contributed by atoms with Crippen LogP contribution in [0.25, 0.3) is 0 Å². The maximum Gasteiger partial charge on any atom is 0.0547 e. The average molecular weight is 273 g/mol. The Kier molecular flexibility index (Phi) is 4.08. The molecule has 1 saturated heterocycles. The number of aromatic nitrogens is 1. The van der Waals surface area contributed by atoms with Gasteiger partial charge >= 0.3 is 0 Å². The SMILES string of the molecule is Cc1cccc(CN2CC(C(C)C)NCC2C2CC2)n1. The summed E-state index contributed by atoms with van der Waals surface area (Å²) in [5.74, 6) is 1.61. The van der Waals surface area contributed by atoms with Crippen LogP contribution in [-0.2, 0) is 6.54 Å². The zero-order chi connectivity index (χ0) is 14.1. The molecule has 1 saturated carbocycles. The van der Waals surface area contributed by atoms with Gasteiger partial charge in [0, 0.05) is 37.4 Å². The fraction of sp³-hybridized carbons (Fsp3) is 0.706. The lowest BCUT2D eigenvalue weighted by molar-refractivity contribution is 0.0914. The second-order valence-electron chi connectivity index (χ2n) is 6.86. The van der Waals surface area contributed by atoms with Crippen LogP contribution in [0.4, 0.5) is 0 Å². The van der Waals surface area contributed by atoms with Crippen molar-refractivity contribution < 1.29 is 0 Å². The minimum absolute atomic E-state index is 0.620. The number of hydrogen-bond donors (Lipinski definition) is 1. The van der Waals surface area contributed by atoms with Gasteiger partial charge in [0.15, 0.2) is 0 Å². The van der Waals surface area contributed by atoms with E-state index < -0.39 is 0 Å². The van der Waals surface area contributed by atoms with Gasteiger partial charge in [-0.25, -0.2) is 0 Å². The van der Waals surface area contributed by atoms with E-state index in [1.807, 2.05) is 0 Å². The number of aryl methyl sites for hydroxylation is 1. The molecule has 20 heavy (non-hydrogen) atoms. The number of piperazine rings is 1. The average Bonchev–Trinajstić information content (AvgIpc) is 3.23. The van der Waals surface area contributed by atoms with Crippen LogP contribution in [0.15, 0.2) is 18.2 Å². The van der Waals surface area contributed by atoms with Crippen molar-refractivity contribution in [3.05, 3.63) is 29.6 Å². The summed E-state index contributed by atoms with van der Waals surface area (Å²) in [6, 6.07) is 7.72. The van der Waals surface area contributed by atoms with Crippen LogP contribution in [0.5, 0.6) is 0 Å². The normalized spacial score (nSPS) is 28.0. The van der Waals surface area contributed by atoms with Crippen LogP contribution in [0, 0.1) is 18.8 Å². The minimum Gasteiger partial charge on any atom is -0.311 e. The third-order valence-electron chi connectivity index (χ3n) is 4.77. The first-order valence-corrected chi connectivity index (χ1v) is 8.03. The third-order valence-corrected chi connectivity index (χ3v) is 4.77. The molecule has 110 valence electrons. The van der Waals surface area contributed by atoms with Gasteiger partial charge in [-0.05, 0) is 43.7 Å². The highest BCUT2D eigenvalue weighted by Crippen LogP contribution is 2.37. The molecule has 0 spiro atoms. The van der Waals surface area contributed by atoms with Crippen molar-refractivity contribution in [2.45, 2.75) is 52.2 Å². The summed E-state index contributed by atoms with van der Waals surface area (Å²) in [6.07, 6.45) is 2.83. The van der Waals surface area contributed by atoms with Gasteiger partial charge in [-0.3, -0.25) is 9.88 Å². The highest BCUT2D eigenvalue weighted by Gasteiger charge is 2.39. The van der Waals surface area contributed by atoms with Crippen LogP contribution in [0.3, 0.4) is 0 Å². The molecule has 3 heteroatoms. The standard InChI is InChI=1S/C17H27N3/c1-12(2)16-11-20(17(9-18-16)14-7-8-14)10-15-6-4-5-13(3)19-15/h4-6,12,14,16-18H,7-11H2,1-3H3. The summed E-state index contributed by atoms with van der Waals surface area (Å²) < 4.78 is 0. The van der Waals surface area contributed by atoms with Crippen LogP contribution in [-0.4, -0.2) is 35.1 Å². The summed E-state index contributed by atoms with van der Waals surface area (Å²) in [5, 5.41) is 3.76. The molecular weight excluding hydrogens is 246 g/mol. The lowest BCUT2D eigenvalue weighted by Gasteiger charge is -2.42. The van der Waals surface area contributed by atoms with E-state index in [9.17, 15) is 0 Å². The maximum absolute atomic E-state index is 4.69. The number of hydrogen-bond acceptors (Lipinski definition) is 3. The van der Waals surface area contributed by atoms with Crippen LogP contribution >= 0.6 is 0 Å². The smallest absolute Gasteiger partial charge is 0.0547 e. The second-order valence-corrected chi connectivity index (χ2v) is 6.86. The van der Waals surface area contributed by atoms with E-state index in [2.05, 4.69) is 54.2 Å². The molecule has 0 bridgehead atoms. The van der Waals surface area contributed by atoms with E-state index in [0.717, 1.165) is 31.2 Å². The van der Waals surface area contributed by atoms with Gasteiger partial charge in [-0.2, -0.15) is 0 Å². The minimum atomic E-state index is 0.620. The summed E-state index contributed by atoms with van der Waals surface area (Å²) in [7, 11) is 0. The van der Waals surface area contributed by atoms with Crippen LogP contribution < -0.4 is 5.32 Å². The molecule has 0 radical (unpaired) electrons. The van der Waals surface area contributed by atoms with Gasteiger partial charge in [-0.15, -0.1) is 0 Å². The lowest BCUT2D eigenvalue weighted by atomic mass is 9.97. The van der Waals surface area contributed by atoms with Gasteiger partial charge < -0.3 is 5.32 Å². The van der Waals surface area contributed by atoms with Crippen molar-refractivity contribution >= 4 is 0 Å². The zero-order valence-corrected chi connectivity index (χ0v) is 13.0. The largest absolute Gasteiger partial charge is 0.311 e. The summed E-state index contributed by atoms with van der Waals surface area (Å²) in [5.41, 5.74) is 2.35. The van der Waals surface area contributed by atoms with Crippen molar-refractivity contribution in [2.75, 3.05) is 13.1 Å². The van der Waals surface area contributed by atoms with Crippen molar-refractivity contribution in [2.24, 2.45) is 11.8 Å². The molecule has 1 aromatic rings. The topological polar surface area (TPSA) is 28.2 Å². The summed E-state index contributed by atoms with van der Waals surface area (Å²) in [6.45, 7) is 10.0. The first-order valence-electron chi connectivity index (χ1n) is 8.03. The quantitative estimate of drug-likeness (QED) is 0.914. The predicted octanol–water partition coefficient (Wildman–Crippen LogP) is 2.60. The molecule has 1 aromatic heterocycles. The Morgan fingerprint density at radius 2 is 2.15 bits per heavy atom. The highest BCUT2D eigenvalue weighted by molar-refractivity contribution is 5.10. The third kappa shape index (κ3) is 3.21. The van der Waals surface area contributed by atoms with E-state index in [1.54, 1.807) is 0 Å². The molecule has 1 aliphatic heterocycles. The first kappa shape index (κ1) is 14.0. The molecule has 2 heterocycles. The van der Waals surface area contributed by atoms with E-state index in [-0.39, 0.29) is 0 Å². The van der Waals surface area contributed by atoms with Crippen molar-refractivity contribution in [1.29, 1.82) is 0 Å². The Morgan fingerprint density at radius 3 is 2.80 bits per heavy atom. The van der Waals surface area contributed by atoms with Crippen molar-refractivity contribution in [3.8, 4) is 0 Å². The second kappa shape index (κ2) is 5.82. The Bertz CT molecular complexity index is 453. The summed E-state index contributed by atoms with van der Waals surface area (Å²) >= 11 is 0. The van der Waals surface area contributed by atoms with Crippen LogP contribution in [0.2, 0.25) is 0 Å². The van der Waals surface area contributed by atoms with Gasteiger partial charge in [0.1, 0.15) is 0 Å². The van der Waals surface area contributed by atoms with Crippen molar-refractivity contribution in [3.63, 3.8) is 0 Å². The number of nitrogens with zero attached hydrogens (tertiary/aromatic N) is 2. The maximum atomic E-state index is 4.69. The number of rotatable bonds is 4. The molecule has 1 N–H and O–H groups in total. The highest BCUT2D eigenvalue weighted by atomic mass is 15.2. The molecular formula is C17H27N3. The number of nitrogens with one attached hydrogen (secondary N) is 1. The fourth-order valence-corrected chi connectivity index (χ4v) is 3.32. The van der Waals surface area contributed by atoms with Gasteiger partial charge in [0.25, 0.3) is 0 Å². The predicted molar refractivity (Wildman–Crippen MR) is 82.5 cm³/mol. The Hall–Kier alpha value is -0.930. The Morgan fingerprint density at radius 1 is 1.35 bits per heavy atom. The zero-order valence-electron chi connectivity index (χ0n) is 13.0. The monoisotopic (exact) mass is 273 g/mol. The number of pyridine rings is 1. The molecule has 2 unspecified atom stereocenters. The van der Waals surface area contributed by atoms with Gasteiger partial charge in [0.2, 0.25) is 0 Å². The molecule has 2 aliphatic rings. The van der Waals surface area contributed by atoms with E-state index >= 15 is 0 Å². The van der Waals surface area contributed by atoms with E-state index in [4.69, 9.17) is 0 Å². The molecule has 0 aromatic carbocycles. The Labute approximate surface area is 122 Å². The molecule has 2 atom stereocenters. The van der Waals surface area contributed by atoms with Gasteiger partial charge in [-0.1, -0.05) is 19.9 Å². The first-order chi connectivity index (χ1) is 9.63. The van der Waals surface area contributed by atoms with Crippen molar-refractivity contribution in [1.82, 2.24) is 15.2 Å². The molecule has 3 nitrogen and oxygen atoms in total. The Balaban J connectivity index is 1.72. The van der Waals surface area contributed by atoms with E-state index in [0.29, 0.717) is 18.0 Å².